The smallest absolute Gasteiger partial charge is 0.261 e. The van der Waals surface area contributed by atoms with Gasteiger partial charge in [0.2, 0.25) is 5.91 Å². The van der Waals surface area contributed by atoms with Gasteiger partial charge in [-0.3, -0.25) is 9.59 Å². The molecule has 2 aliphatic rings. The monoisotopic (exact) mass is 382 g/mol. The zero-order valence-corrected chi connectivity index (χ0v) is 16.6. The number of nitrogens with zero attached hydrogens (tertiary/aromatic N) is 1. The van der Waals surface area contributed by atoms with Crippen LogP contribution in [-0.4, -0.2) is 29.8 Å². The SMILES string of the molecule is Cc1ccsc1C(=O)NCCN1C(=O)C2(CCCCC2)C1c1ccccc1. The van der Waals surface area contributed by atoms with Crippen molar-refractivity contribution in [3.05, 3.63) is 57.8 Å². The molecule has 0 radical (unpaired) electrons. The van der Waals surface area contributed by atoms with Crippen LogP contribution in [0, 0.1) is 12.3 Å². The van der Waals surface area contributed by atoms with E-state index in [1.807, 2.05) is 41.5 Å². The van der Waals surface area contributed by atoms with E-state index in [0.29, 0.717) is 13.1 Å². The van der Waals surface area contributed by atoms with Crippen LogP contribution in [0.5, 0.6) is 0 Å². The van der Waals surface area contributed by atoms with Crippen molar-refractivity contribution < 1.29 is 9.59 Å². The predicted octanol–water partition coefficient (Wildman–Crippen LogP) is 4.32. The van der Waals surface area contributed by atoms with Crippen molar-refractivity contribution in [1.82, 2.24) is 10.2 Å². The molecule has 4 rings (SSSR count). The molecule has 27 heavy (non-hydrogen) atoms. The summed E-state index contributed by atoms with van der Waals surface area (Å²) in [6.07, 6.45) is 5.48. The maximum atomic E-state index is 13.1. The molecule has 1 aromatic carbocycles. The Bertz CT molecular complexity index is 824. The summed E-state index contributed by atoms with van der Waals surface area (Å²) in [5, 5.41) is 4.92. The maximum Gasteiger partial charge on any atom is 0.261 e. The highest BCUT2D eigenvalue weighted by atomic mass is 32.1. The fourth-order valence-corrected chi connectivity index (χ4v) is 5.60. The Labute approximate surface area is 164 Å². The van der Waals surface area contributed by atoms with Crippen LogP contribution in [0.2, 0.25) is 0 Å². The number of carbonyl (C=O) groups is 2. The summed E-state index contributed by atoms with van der Waals surface area (Å²) in [5.74, 6) is 0.233. The molecule has 0 bridgehead atoms. The number of thiophene rings is 1. The molecule has 1 aliphatic carbocycles. The van der Waals surface area contributed by atoms with Gasteiger partial charge in [-0.2, -0.15) is 0 Å². The van der Waals surface area contributed by atoms with E-state index in [-0.39, 0.29) is 23.3 Å². The van der Waals surface area contributed by atoms with E-state index in [0.717, 1.165) is 36.1 Å². The maximum absolute atomic E-state index is 13.1. The molecule has 2 amide bonds. The number of nitrogens with one attached hydrogen (secondary N) is 1. The fraction of sp³-hybridized carbons (Fsp3) is 0.455. The standard InChI is InChI=1S/C22H26N2O2S/c1-16-10-15-27-18(16)20(25)23-13-14-24-19(17-8-4-2-5-9-17)22(21(24)26)11-6-3-7-12-22/h2,4-5,8-10,15,19H,3,6-7,11-14H2,1H3,(H,23,25). The summed E-state index contributed by atoms with van der Waals surface area (Å²) in [6, 6.07) is 12.5. The first-order valence-electron chi connectivity index (χ1n) is 9.82. The number of benzene rings is 1. The first-order valence-corrected chi connectivity index (χ1v) is 10.7. The molecule has 142 valence electrons. The molecule has 1 aromatic heterocycles. The molecule has 4 nitrogen and oxygen atoms in total. The fourth-order valence-electron chi connectivity index (χ4n) is 4.76. The largest absolute Gasteiger partial charge is 0.350 e. The highest BCUT2D eigenvalue weighted by Crippen LogP contribution is 2.57. The van der Waals surface area contributed by atoms with Crippen molar-refractivity contribution in [2.45, 2.75) is 45.1 Å². The molecule has 2 aromatic rings. The molecule has 2 fully saturated rings. The van der Waals surface area contributed by atoms with Crippen LogP contribution in [-0.2, 0) is 4.79 Å². The topological polar surface area (TPSA) is 49.4 Å². The van der Waals surface area contributed by atoms with E-state index in [4.69, 9.17) is 0 Å². The van der Waals surface area contributed by atoms with E-state index in [9.17, 15) is 9.59 Å². The summed E-state index contributed by atoms with van der Waals surface area (Å²) in [6.45, 7) is 3.00. The van der Waals surface area contributed by atoms with Gasteiger partial charge in [0.15, 0.2) is 0 Å². The molecule has 2 heterocycles. The molecule has 1 saturated heterocycles. The van der Waals surface area contributed by atoms with E-state index < -0.39 is 0 Å². The van der Waals surface area contributed by atoms with Crippen molar-refractivity contribution in [3.63, 3.8) is 0 Å². The van der Waals surface area contributed by atoms with Crippen molar-refractivity contribution >= 4 is 23.2 Å². The number of likely N-dealkylation sites (tertiary alicyclic amines) is 1. The van der Waals surface area contributed by atoms with E-state index in [1.165, 1.54) is 23.3 Å². The molecule has 5 heteroatoms. The minimum absolute atomic E-state index is 0.0425. The van der Waals surface area contributed by atoms with E-state index in [1.54, 1.807) is 0 Å². The second-order valence-electron chi connectivity index (χ2n) is 7.72. The first-order chi connectivity index (χ1) is 13.1. The lowest BCUT2D eigenvalue weighted by atomic mass is 9.60. The highest BCUT2D eigenvalue weighted by molar-refractivity contribution is 7.12. The van der Waals surface area contributed by atoms with Gasteiger partial charge in [0, 0.05) is 13.1 Å². The third kappa shape index (κ3) is 3.18. The van der Waals surface area contributed by atoms with Gasteiger partial charge in [-0.15, -0.1) is 11.3 Å². The van der Waals surface area contributed by atoms with Crippen molar-refractivity contribution in [2.75, 3.05) is 13.1 Å². The Morgan fingerprint density at radius 1 is 1.19 bits per heavy atom. The predicted molar refractivity (Wildman–Crippen MR) is 108 cm³/mol. The highest BCUT2D eigenvalue weighted by Gasteiger charge is 2.60. The molecular weight excluding hydrogens is 356 g/mol. The quantitative estimate of drug-likeness (QED) is 0.783. The zero-order valence-electron chi connectivity index (χ0n) is 15.7. The third-order valence-electron chi connectivity index (χ3n) is 6.09. The molecular formula is C22H26N2O2S. The summed E-state index contributed by atoms with van der Waals surface area (Å²) in [4.78, 5) is 28.2. The summed E-state index contributed by atoms with van der Waals surface area (Å²) in [7, 11) is 0. The number of aryl methyl sites for hydroxylation is 1. The average molecular weight is 383 g/mol. The van der Waals surface area contributed by atoms with Gasteiger partial charge in [0.05, 0.1) is 16.3 Å². The Hall–Kier alpha value is -2.14. The number of carbonyl (C=O) groups excluding carboxylic acids is 2. The van der Waals surface area contributed by atoms with Crippen molar-refractivity contribution in [1.29, 1.82) is 0 Å². The minimum Gasteiger partial charge on any atom is -0.350 e. The number of hydrogen-bond donors (Lipinski definition) is 1. The van der Waals surface area contributed by atoms with Crippen LogP contribution in [0.1, 0.15) is 58.9 Å². The molecule has 1 aliphatic heterocycles. The molecule has 1 unspecified atom stereocenters. The van der Waals surface area contributed by atoms with Crippen LogP contribution < -0.4 is 5.32 Å². The lowest BCUT2D eigenvalue weighted by Gasteiger charge is -2.58. The van der Waals surface area contributed by atoms with Gasteiger partial charge >= 0.3 is 0 Å². The first kappa shape index (κ1) is 18.2. The van der Waals surface area contributed by atoms with E-state index >= 15 is 0 Å². The van der Waals surface area contributed by atoms with Gasteiger partial charge in [-0.05, 0) is 42.3 Å². The number of rotatable bonds is 5. The second kappa shape index (κ2) is 7.47. The molecule has 1 N–H and O–H groups in total. The Kier molecular flexibility index (Phi) is 5.04. The molecule has 1 spiro atoms. The molecule has 1 saturated carbocycles. The normalized spacial score (nSPS) is 21.1. The van der Waals surface area contributed by atoms with Crippen molar-refractivity contribution in [3.8, 4) is 0 Å². The average Bonchev–Trinajstić information content (AvgIpc) is 3.14. The van der Waals surface area contributed by atoms with Crippen LogP contribution in [0.4, 0.5) is 0 Å². The Morgan fingerprint density at radius 2 is 1.93 bits per heavy atom. The Morgan fingerprint density at radius 3 is 2.59 bits per heavy atom. The Balaban J connectivity index is 1.46. The van der Waals surface area contributed by atoms with Gasteiger partial charge < -0.3 is 10.2 Å². The second-order valence-corrected chi connectivity index (χ2v) is 8.63. The lowest BCUT2D eigenvalue weighted by Crippen LogP contribution is -2.64. The van der Waals surface area contributed by atoms with Crippen LogP contribution in [0.25, 0.3) is 0 Å². The van der Waals surface area contributed by atoms with Gasteiger partial charge in [-0.1, -0.05) is 49.6 Å². The number of β-lactam (4-membered cyclic amide) rings is 1. The summed E-state index contributed by atoms with van der Waals surface area (Å²) in [5.41, 5.74) is 2.01. The number of hydrogen-bond acceptors (Lipinski definition) is 3. The van der Waals surface area contributed by atoms with E-state index in [2.05, 4.69) is 17.4 Å². The lowest BCUT2D eigenvalue weighted by molar-refractivity contribution is -0.178. The third-order valence-corrected chi connectivity index (χ3v) is 7.10. The molecule has 1 atom stereocenters. The van der Waals surface area contributed by atoms with Crippen molar-refractivity contribution in [2.24, 2.45) is 5.41 Å². The summed E-state index contributed by atoms with van der Waals surface area (Å²) >= 11 is 1.46. The summed E-state index contributed by atoms with van der Waals surface area (Å²) < 4.78 is 0. The van der Waals surface area contributed by atoms with Gasteiger partial charge in [-0.25, -0.2) is 0 Å². The number of amides is 2. The van der Waals surface area contributed by atoms with Gasteiger partial charge in [0.1, 0.15) is 0 Å². The van der Waals surface area contributed by atoms with Gasteiger partial charge in [0.25, 0.3) is 5.91 Å². The van der Waals surface area contributed by atoms with Crippen LogP contribution in [0.15, 0.2) is 41.8 Å². The van der Waals surface area contributed by atoms with Crippen LogP contribution >= 0.6 is 11.3 Å². The van der Waals surface area contributed by atoms with Crippen LogP contribution in [0.3, 0.4) is 0 Å². The minimum atomic E-state index is -0.214. The zero-order chi connectivity index (χ0) is 18.9.